The number of piperidine rings is 4. The van der Waals surface area contributed by atoms with E-state index in [1.165, 1.54) is 44.9 Å². The molecule has 0 amide bonds. The molecule has 36 heteroatoms. The van der Waals surface area contributed by atoms with Crippen LogP contribution in [0.25, 0.3) is 0 Å². The Balaban J connectivity index is 0.000000143. The Morgan fingerprint density at radius 1 is 0.241 bits per heavy atom. The van der Waals surface area contributed by atoms with Gasteiger partial charge in [0.05, 0.1) is 46.0 Å². The summed E-state index contributed by atoms with van der Waals surface area (Å²) in [5.41, 5.74) is 0. The highest BCUT2D eigenvalue weighted by Crippen LogP contribution is 2.37. The predicted octanol–water partition coefficient (Wildman–Crippen LogP) is 4.92. The molecule has 0 bridgehead atoms. The normalized spacial score (nSPS) is 38.2. The number of fused-ring (bicyclic) bond motifs is 4. The van der Waals surface area contributed by atoms with Crippen molar-refractivity contribution >= 4 is 80.2 Å². The van der Waals surface area contributed by atoms with Crippen LogP contribution in [0.1, 0.15) is 207 Å². The molecule has 12 aliphatic heterocycles. The summed E-state index contributed by atoms with van der Waals surface area (Å²) in [6.07, 6.45) is 28.7. The first-order valence-corrected chi connectivity index (χ1v) is 54.4. The lowest BCUT2D eigenvalue weighted by Crippen LogP contribution is -2.54. The van der Waals surface area contributed by atoms with Crippen LogP contribution in [-0.2, 0) is 80.2 Å². The van der Waals surface area contributed by atoms with Crippen molar-refractivity contribution in [2.75, 3.05) is 153 Å². The molecule has 108 heavy (non-hydrogen) atoms. The van der Waals surface area contributed by atoms with E-state index in [0.29, 0.717) is 87.7 Å². The van der Waals surface area contributed by atoms with Gasteiger partial charge >= 0.3 is 0 Å². The molecule has 10 unspecified atom stereocenters. The van der Waals surface area contributed by atoms with Gasteiger partial charge in [0.25, 0.3) is 0 Å². The summed E-state index contributed by atoms with van der Waals surface area (Å²) in [4.78, 5) is 9.01. The predicted molar refractivity (Wildman–Crippen MR) is 430 cm³/mol. The molecular weight excluding hydrogens is 1550 g/mol. The maximum absolute atomic E-state index is 11.9. The Hall–Kier alpha value is -0.880. The smallest absolute Gasteiger partial charge is 0.214 e. The third-order valence-electron chi connectivity index (χ3n) is 26.1. The van der Waals surface area contributed by atoms with Gasteiger partial charge in [-0.1, -0.05) is 27.7 Å². The van der Waals surface area contributed by atoms with E-state index in [1.807, 2.05) is 7.05 Å². The molecule has 0 spiro atoms. The Kier molecular flexibility index (Phi) is 33.8. The summed E-state index contributed by atoms with van der Waals surface area (Å²) in [6.45, 7) is 20.1. The van der Waals surface area contributed by atoms with Gasteiger partial charge in [-0.05, 0) is 289 Å². The zero-order chi connectivity index (χ0) is 78.6. The maximum atomic E-state index is 11.9. The van der Waals surface area contributed by atoms with E-state index in [4.69, 9.17) is 0 Å². The van der Waals surface area contributed by atoms with Crippen LogP contribution in [0.3, 0.4) is 0 Å². The van der Waals surface area contributed by atoms with Gasteiger partial charge in [0.15, 0.2) is 0 Å². The lowest BCUT2D eigenvalue weighted by molar-refractivity contribution is 0.167. The van der Waals surface area contributed by atoms with Gasteiger partial charge in [-0.3, -0.25) is 0 Å². The van der Waals surface area contributed by atoms with Gasteiger partial charge in [0.2, 0.25) is 80.2 Å². The first-order chi connectivity index (χ1) is 50.6. The molecule has 10 atom stereocenters. The number of nitrogens with zero attached hydrogens (tertiary/aromatic N) is 8. The fraction of sp³-hybridized carbons (Fsp3) is 1.00. The van der Waals surface area contributed by atoms with Crippen molar-refractivity contribution in [1.82, 2.24) is 55.7 Å². The van der Waals surface area contributed by atoms with Crippen molar-refractivity contribution in [1.29, 1.82) is 0 Å². The highest BCUT2D eigenvalue weighted by atomic mass is 32.2. The second kappa shape index (κ2) is 40.0. The molecule has 0 radical (unpaired) electrons. The van der Waals surface area contributed by atoms with E-state index in [-0.39, 0.29) is 36.3 Å². The summed E-state index contributed by atoms with van der Waals surface area (Å²) in [5.74, 6) is 7.70. The highest BCUT2D eigenvalue weighted by molar-refractivity contribution is 7.91. The van der Waals surface area contributed by atoms with Gasteiger partial charge in [0.1, 0.15) is 0 Å². The summed E-state index contributed by atoms with van der Waals surface area (Å²) in [7, 11) is -15.0. The van der Waals surface area contributed by atoms with Crippen LogP contribution in [0.5, 0.6) is 0 Å². The Morgan fingerprint density at radius 3 is 0.917 bits per heavy atom. The van der Waals surface area contributed by atoms with Crippen LogP contribution >= 0.6 is 0 Å². The van der Waals surface area contributed by atoms with E-state index in [9.17, 15) is 67.3 Å². The van der Waals surface area contributed by atoms with Crippen molar-refractivity contribution in [3.05, 3.63) is 0 Å². The van der Waals surface area contributed by atoms with E-state index in [0.717, 1.165) is 231 Å². The number of nitrogens with one attached hydrogen (secondary N) is 4. The maximum Gasteiger partial charge on any atom is 0.214 e. The fourth-order valence-corrected chi connectivity index (χ4v) is 33.5. The number of hydrogen-bond acceptors (Lipinski definition) is 20. The third kappa shape index (κ3) is 27.6. The van der Waals surface area contributed by atoms with Crippen LogP contribution in [0.2, 0.25) is 0 Å². The molecule has 0 aromatic heterocycles. The van der Waals surface area contributed by atoms with Crippen LogP contribution in [0.4, 0.5) is 0 Å². The Morgan fingerprint density at radius 2 is 0.528 bits per heavy atom. The lowest BCUT2D eigenvalue weighted by atomic mass is 9.78. The molecule has 0 aromatic carbocycles. The molecule has 4 aliphatic carbocycles. The summed E-state index contributed by atoms with van der Waals surface area (Å²) in [5, 5.41) is 0. The van der Waals surface area contributed by atoms with Crippen molar-refractivity contribution < 1.29 is 67.3 Å². The van der Waals surface area contributed by atoms with E-state index >= 15 is 0 Å². The van der Waals surface area contributed by atoms with Gasteiger partial charge in [0, 0.05) is 93.5 Å². The summed E-state index contributed by atoms with van der Waals surface area (Å²) in [6, 6.07) is 2.10. The van der Waals surface area contributed by atoms with Gasteiger partial charge in [-0.2, -0.15) is 17.2 Å². The van der Waals surface area contributed by atoms with Crippen LogP contribution in [0, 0.1) is 47.3 Å². The van der Waals surface area contributed by atoms with E-state index in [2.05, 4.69) is 87.3 Å². The average Bonchev–Trinajstić information content (AvgIpc) is 1.69. The zero-order valence-electron chi connectivity index (χ0n) is 66.6. The monoisotopic (exact) mass is 1680 g/mol. The first-order valence-electron chi connectivity index (χ1n) is 41.4. The van der Waals surface area contributed by atoms with Crippen LogP contribution < -0.4 is 18.9 Å². The van der Waals surface area contributed by atoms with E-state index in [1.54, 1.807) is 17.2 Å². The van der Waals surface area contributed by atoms with Crippen LogP contribution in [-0.4, -0.2) is 305 Å². The summed E-state index contributed by atoms with van der Waals surface area (Å²) < 4.78 is 202. The molecule has 12 saturated heterocycles. The summed E-state index contributed by atoms with van der Waals surface area (Å²) >= 11 is 0. The molecule has 4 saturated carbocycles. The average molecular weight is 1690 g/mol. The quantitative estimate of drug-likeness (QED) is 0.290. The largest absolute Gasteiger partial charge is 0.306 e. The molecule has 28 nitrogen and oxygen atoms in total. The fourth-order valence-electron chi connectivity index (χ4n) is 19.5. The van der Waals surface area contributed by atoms with Crippen molar-refractivity contribution in [3.63, 3.8) is 0 Å². The van der Waals surface area contributed by atoms with Crippen LogP contribution in [0.15, 0.2) is 0 Å². The standard InChI is InChI=1S/C11H21NO2S.C10H20N2O2S.C10H19NO2S.C9H18N2O2S.C9H17NO2S.C8H16N2O2S.C8H15NO2S.C7H14N2O2S/c1-10-4-6-11(7-5-10)12-8-2-3-9-15(12,13)14;1-11-7-4-10(5-8-11)12-6-2-3-9-15(12,13)14;1-9-3-5-10(6-4-9)11-7-2-8-14(11,12)13;1-10-6-3-9(4-7-10)11-5-2-8-14(11,12)13;1-7-2-3-9-8(6-7)4-5-13(11,12)10-9;1-10-4-2-8-7(6-10)3-5-13(11,12)9-8;1-6-2-3-8-7(4-6)5-12(10,11)9-8;1-9-3-2-7-6(4-9)5-12(10,11)8-7/h10-11H,2-9H2,1H3;10H,2-9H2,1H3;9-10H,2-8H2,1H3;9H,2-8H2,1H3;7-10H,2-6H2,1H3;7-9H,2-6H2,1H3;6-9H,2-5H2,1H3;6-8H,2-5H2,1H3. The van der Waals surface area contributed by atoms with Crippen molar-refractivity contribution in [3.8, 4) is 0 Å². The molecule has 0 aromatic rings. The third-order valence-corrected chi connectivity index (χ3v) is 40.0. The minimum absolute atomic E-state index is 0.204. The molecule has 16 aliphatic rings. The van der Waals surface area contributed by atoms with Crippen molar-refractivity contribution in [2.24, 2.45) is 47.3 Å². The van der Waals surface area contributed by atoms with Gasteiger partial charge in [-0.25, -0.2) is 86.2 Å². The number of rotatable bonds is 4. The Bertz CT molecular complexity index is 3540. The first kappa shape index (κ1) is 91.0. The molecule has 12 heterocycles. The van der Waals surface area contributed by atoms with Crippen molar-refractivity contribution in [2.45, 2.75) is 256 Å². The number of hydrogen-bond donors (Lipinski definition) is 4. The molecule has 16 fully saturated rings. The van der Waals surface area contributed by atoms with Gasteiger partial charge in [-0.15, -0.1) is 0 Å². The minimum Gasteiger partial charge on any atom is -0.306 e. The second-order valence-electron chi connectivity index (χ2n) is 35.4. The number of sulfonamides is 8. The van der Waals surface area contributed by atoms with Gasteiger partial charge < -0.3 is 19.6 Å². The SMILES string of the molecule is CC1CCC(N2CCCCS2(=O)=O)CC1.CC1CCC(N2CCCS2(=O)=O)CC1.CC1CCC2NS(=O)(=O)CC2C1.CC1CCC2NS(=O)(=O)CCC2C1.CN1CCC(N2CCCCS2(=O)=O)CC1.CN1CCC(N2CCCS2(=O)=O)CC1.CN1CCC2NS(=O)(=O)CC2C1.CN1CCC2NS(=O)(=O)CCC2C1. The Labute approximate surface area is 654 Å². The topological polar surface area (TPSA) is 347 Å². The molecule has 16 rings (SSSR count). The molecular formula is C72H140N12O16S8. The lowest BCUT2D eigenvalue weighted by Gasteiger charge is -2.39. The van der Waals surface area contributed by atoms with E-state index < -0.39 is 80.2 Å². The minimum atomic E-state index is -2.94. The highest BCUT2D eigenvalue weighted by Gasteiger charge is 2.44. The zero-order valence-corrected chi connectivity index (χ0v) is 73.1. The second-order valence-corrected chi connectivity index (χ2v) is 50.9. The molecule has 4 N–H and O–H groups in total. The molecule has 632 valence electrons. The number of likely N-dealkylation sites (tertiary alicyclic amines) is 4.